The van der Waals surface area contributed by atoms with E-state index in [0.29, 0.717) is 12.4 Å². The first-order chi connectivity index (χ1) is 10.2. The summed E-state index contributed by atoms with van der Waals surface area (Å²) in [5.41, 5.74) is 9.06. The highest BCUT2D eigenvalue weighted by molar-refractivity contribution is 7.98. The molecule has 2 N–H and O–H groups in total. The zero-order valence-electron chi connectivity index (χ0n) is 13.1. The highest BCUT2D eigenvalue weighted by Gasteiger charge is 2.15. The molecule has 5 nitrogen and oxygen atoms in total. The number of unbranched alkanes of at least 4 members (excludes halogenated alkanes) is 1. The largest absolute Gasteiger partial charge is 0.384 e. The van der Waals surface area contributed by atoms with Crippen molar-refractivity contribution in [2.24, 2.45) is 0 Å². The minimum absolute atomic E-state index is 0.511. The molecule has 0 fully saturated rings. The summed E-state index contributed by atoms with van der Waals surface area (Å²) in [6, 6.07) is 0. The van der Waals surface area contributed by atoms with Crippen LogP contribution in [0.3, 0.4) is 0 Å². The number of imidazole rings is 1. The summed E-state index contributed by atoms with van der Waals surface area (Å²) < 4.78 is 7.49. The van der Waals surface area contributed by atoms with Gasteiger partial charge in [0, 0.05) is 26.3 Å². The second-order valence-electron chi connectivity index (χ2n) is 5.15. The second-order valence-corrected chi connectivity index (χ2v) is 6.13. The van der Waals surface area contributed by atoms with E-state index in [1.165, 1.54) is 12.2 Å². The van der Waals surface area contributed by atoms with Gasteiger partial charge < -0.3 is 15.0 Å². The number of hydrogen-bond donors (Lipinski definition) is 1. The molecule has 2 heterocycles. The molecule has 0 aliphatic carbocycles. The van der Waals surface area contributed by atoms with Gasteiger partial charge in [0.2, 0.25) is 0 Å². The quantitative estimate of drug-likeness (QED) is 0.759. The zero-order chi connectivity index (χ0) is 15.2. The minimum atomic E-state index is 0.511. The van der Waals surface area contributed by atoms with E-state index in [-0.39, 0.29) is 0 Å². The van der Waals surface area contributed by atoms with Gasteiger partial charge in [0.15, 0.2) is 5.82 Å². The average molecular weight is 308 g/mol. The maximum atomic E-state index is 5.99. The summed E-state index contributed by atoms with van der Waals surface area (Å²) >= 11 is 1.89. The number of nitrogens with zero attached hydrogens (tertiary/aromatic N) is 3. The molecule has 0 aliphatic heterocycles. The Hall–Kier alpha value is -1.27. The summed E-state index contributed by atoms with van der Waals surface area (Å²) in [5, 5.41) is 0. The van der Waals surface area contributed by atoms with Crippen LogP contribution < -0.4 is 5.73 Å². The van der Waals surface area contributed by atoms with Crippen LogP contribution in [0.15, 0.2) is 6.20 Å². The minimum Gasteiger partial charge on any atom is -0.384 e. The highest BCUT2D eigenvalue weighted by atomic mass is 32.2. The van der Waals surface area contributed by atoms with Gasteiger partial charge in [-0.1, -0.05) is 0 Å². The van der Waals surface area contributed by atoms with E-state index in [4.69, 9.17) is 15.5 Å². The van der Waals surface area contributed by atoms with Gasteiger partial charge in [0.05, 0.1) is 12.1 Å². The number of rotatable bonds is 8. The Labute approximate surface area is 130 Å². The van der Waals surface area contributed by atoms with Gasteiger partial charge in [0.25, 0.3) is 0 Å². The standard InChI is InChI=1S/C15H24N4OS/c1-11-10-17-15(16)13-14(11)19(7-4-5-9-21-3)12(18-13)6-8-20-2/h10H,4-9H2,1-3H3,(H2,16,17). The number of hydrogen-bond acceptors (Lipinski definition) is 5. The Morgan fingerprint density at radius 3 is 2.90 bits per heavy atom. The number of anilines is 1. The van der Waals surface area contributed by atoms with E-state index in [0.717, 1.165) is 41.8 Å². The highest BCUT2D eigenvalue weighted by Crippen LogP contribution is 2.24. The van der Waals surface area contributed by atoms with Crippen LogP contribution in [0.5, 0.6) is 0 Å². The number of fused-ring (bicyclic) bond motifs is 1. The van der Waals surface area contributed by atoms with Crippen molar-refractivity contribution < 1.29 is 4.74 Å². The fraction of sp³-hybridized carbons (Fsp3) is 0.600. The molecule has 0 saturated carbocycles. The van der Waals surface area contributed by atoms with Crippen molar-refractivity contribution in [1.82, 2.24) is 14.5 Å². The molecule has 0 aliphatic rings. The molecular weight excluding hydrogens is 284 g/mol. The van der Waals surface area contributed by atoms with Crippen molar-refractivity contribution in [3.8, 4) is 0 Å². The smallest absolute Gasteiger partial charge is 0.151 e. The van der Waals surface area contributed by atoms with Gasteiger partial charge in [-0.15, -0.1) is 0 Å². The van der Waals surface area contributed by atoms with E-state index in [9.17, 15) is 0 Å². The number of nitrogen functional groups attached to an aromatic ring is 1. The molecule has 116 valence electrons. The monoisotopic (exact) mass is 308 g/mol. The molecule has 0 amide bonds. The van der Waals surface area contributed by atoms with Crippen molar-refractivity contribution >= 4 is 28.6 Å². The molecule has 0 atom stereocenters. The zero-order valence-corrected chi connectivity index (χ0v) is 13.9. The van der Waals surface area contributed by atoms with Crippen molar-refractivity contribution in [2.75, 3.05) is 31.5 Å². The maximum Gasteiger partial charge on any atom is 0.151 e. The maximum absolute atomic E-state index is 5.99. The molecule has 21 heavy (non-hydrogen) atoms. The van der Waals surface area contributed by atoms with Crippen LogP contribution in [-0.2, 0) is 17.7 Å². The topological polar surface area (TPSA) is 66.0 Å². The van der Waals surface area contributed by atoms with E-state index in [2.05, 4.69) is 22.7 Å². The van der Waals surface area contributed by atoms with Gasteiger partial charge >= 0.3 is 0 Å². The Kier molecular flexibility index (Phi) is 5.87. The first-order valence-corrected chi connectivity index (χ1v) is 8.66. The van der Waals surface area contributed by atoms with Crippen molar-refractivity contribution in [1.29, 1.82) is 0 Å². The summed E-state index contributed by atoms with van der Waals surface area (Å²) in [7, 11) is 1.71. The Balaban J connectivity index is 2.34. The fourth-order valence-corrected chi connectivity index (χ4v) is 3.00. The number of aromatic nitrogens is 3. The van der Waals surface area contributed by atoms with E-state index in [1.54, 1.807) is 7.11 Å². The van der Waals surface area contributed by atoms with Gasteiger partial charge in [0.1, 0.15) is 11.3 Å². The third-order valence-electron chi connectivity index (χ3n) is 3.57. The molecule has 0 spiro atoms. The van der Waals surface area contributed by atoms with Gasteiger partial charge in [-0.25, -0.2) is 9.97 Å². The van der Waals surface area contributed by atoms with Gasteiger partial charge in [-0.2, -0.15) is 11.8 Å². The number of methoxy groups -OCH3 is 1. The molecule has 2 aromatic rings. The van der Waals surface area contributed by atoms with E-state index < -0.39 is 0 Å². The Morgan fingerprint density at radius 2 is 2.19 bits per heavy atom. The SMILES string of the molecule is COCCc1nc2c(N)ncc(C)c2n1CCCCSC. The summed E-state index contributed by atoms with van der Waals surface area (Å²) in [6.45, 7) is 3.70. The van der Waals surface area contributed by atoms with Gasteiger partial charge in [-0.05, 0) is 37.3 Å². The number of nitrogens with two attached hydrogens (primary N) is 1. The normalized spacial score (nSPS) is 11.4. The van der Waals surface area contributed by atoms with Crippen LogP contribution >= 0.6 is 11.8 Å². The van der Waals surface area contributed by atoms with E-state index >= 15 is 0 Å². The predicted molar refractivity (Wildman–Crippen MR) is 89.9 cm³/mol. The van der Waals surface area contributed by atoms with Crippen LogP contribution in [-0.4, -0.2) is 40.3 Å². The molecular formula is C15H24N4OS. The third-order valence-corrected chi connectivity index (χ3v) is 4.27. The molecule has 0 saturated heterocycles. The first kappa shape index (κ1) is 16.1. The number of thioether (sulfide) groups is 1. The Morgan fingerprint density at radius 1 is 1.38 bits per heavy atom. The molecule has 0 bridgehead atoms. The molecule has 0 aromatic carbocycles. The first-order valence-electron chi connectivity index (χ1n) is 7.27. The lowest BCUT2D eigenvalue weighted by Gasteiger charge is -2.10. The molecule has 0 radical (unpaired) electrons. The summed E-state index contributed by atoms with van der Waals surface area (Å²) in [6.07, 6.45) is 7.13. The van der Waals surface area contributed by atoms with Crippen molar-refractivity contribution in [2.45, 2.75) is 32.7 Å². The fourth-order valence-electron chi connectivity index (χ4n) is 2.51. The number of ether oxygens (including phenoxy) is 1. The van der Waals surface area contributed by atoms with Crippen LogP contribution in [0.2, 0.25) is 0 Å². The molecule has 6 heteroatoms. The average Bonchev–Trinajstić information content (AvgIpc) is 2.85. The van der Waals surface area contributed by atoms with Gasteiger partial charge in [-0.3, -0.25) is 0 Å². The summed E-state index contributed by atoms with van der Waals surface area (Å²) in [5.74, 6) is 2.75. The third kappa shape index (κ3) is 3.68. The number of pyridine rings is 1. The van der Waals surface area contributed by atoms with Crippen LogP contribution in [0.4, 0.5) is 5.82 Å². The lowest BCUT2D eigenvalue weighted by Crippen LogP contribution is -2.08. The van der Waals surface area contributed by atoms with Crippen molar-refractivity contribution in [3.63, 3.8) is 0 Å². The van der Waals surface area contributed by atoms with Crippen LogP contribution in [0, 0.1) is 6.92 Å². The van der Waals surface area contributed by atoms with Crippen LogP contribution in [0.1, 0.15) is 24.2 Å². The number of aryl methyl sites for hydroxylation is 2. The lowest BCUT2D eigenvalue weighted by atomic mass is 10.2. The second kappa shape index (κ2) is 7.66. The Bertz CT molecular complexity index is 597. The lowest BCUT2D eigenvalue weighted by molar-refractivity contribution is 0.199. The predicted octanol–water partition coefficient (Wildman–Crippen LogP) is 2.65. The molecule has 2 rings (SSSR count). The van der Waals surface area contributed by atoms with Crippen molar-refractivity contribution in [3.05, 3.63) is 17.6 Å². The summed E-state index contributed by atoms with van der Waals surface area (Å²) in [4.78, 5) is 8.92. The van der Waals surface area contributed by atoms with Crippen LogP contribution in [0.25, 0.3) is 11.0 Å². The molecule has 0 unspecified atom stereocenters. The van der Waals surface area contributed by atoms with E-state index in [1.807, 2.05) is 18.0 Å². The molecule has 2 aromatic heterocycles.